The Kier molecular flexibility index (Phi) is 5.54. The number of hydrogen-bond acceptors (Lipinski definition) is 3. The fraction of sp³-hybridized carbons (Fsp3) is 0.188. The number of benzene rings is 2. The van der Waals surface area contributed by atoms with E-state index in [0.29, 0.717) is 18.6 Å². The second kappa shape index (κ2) is 7.83. The summed E-state index contributed by atoms with van der Waals surface area (Å²) in [5, 5.41) is 11.8. The van der Waals surface area contributed by atoms with E-state index in [-0.39, 0.29) is 6.61 Å². The van der Waals surface area contributed by atoms with E-state index in [1.54, 1.807) is 24.3 Å². The lowest BCUT2D eigenvalue weighted by Crippen LogP contribution is -1.99. The maximum absolute atomic E-state index is 11.4. The molecule has 0 spiro atoms. The minimum absolute atomic E-state index is 0.110. The minimum Gasteiger partial charge on any atom is -0.494 e. The average molecular weight is 297 g/mol. The zero-order chi connectivity index (χ0) is 15.8. The SMILES string of the molecule is [N-]=[N+]=NC(=O)c1ccc(-c2ccc(OCCCO)cc2)cc1. The van der Waals surface area contributed by atoms with Crippen LogP contribution in [-0.4, -0.2) is 24.2 Å². The van der Waals surface area contributed by atoms with Crippen molar-refractivity contribution in [1.82, 2.24) is 0 Å². The van der Waals surface area contributed by atoms with Gasteiger partial charge >= 0.3 is 0 Å². The molecule has 0 saturated heterocycles. The Balaban J connectivity index is 2.08. The first-order chi connectivity index (χ1) is 10.7. The van der Waals surface area contributed by atoms with Gasteiger partial charge in [0.25, 0.3) is 0 Å². The molecule has 22 heavy (non-hydrogen) atoms. The van der Waals surface area contributed by atoms with E-state index >= 15 is 0 Å². The molecule has 0 saturated carbocycles. The quantitative estimate of drug-likeness (QED) is 0.382. The fourth-order valence-corrected chi connectivity index (χ4v) is 1.90. The first-order valence-corrected chi connectivity index (χ1v) is 6.78. The summed E-state index contributed by atoms with van der Waals surface area (Å²) in [4.78, 5) is 13.9. The summed E-state index contributed by atoms with van der Waals surface area (Å²) in [7, 11) is 0. The van der Waals surface area contributed by atoms with Crippen LogP contribution in [0.4, 0.5) is 0 Å². The molecule has 2 aromatic rings. The van der Waals surface area contributed by atoms with Crippen LogP contribution in [0.25, 0.3) is 21.6 Å². The summed E-state index contributed by atoms with van der Waals surface area (Å²) in [6.45, 7) is 0.588. The molecule has 0 aliphatic carbocycles. The maximum Gasteiger partial charge on any atom is 0.249 e. The van der Waals surface area contributed by atoms with Gasteiger partial charge in [-0.1, -0.05) is 36.4 Å². The van der Waals surface area contributed by atoms with Gasteiger partial charge in [-0.2, -0.15) is 0 Å². The lowest BCUT2D eigenvalue weighted by Gasteiger charge is -2.07. The summed E-state index contributed by atoms with van der Waals surface area (Å²) in [5.41, 5.74) is 10.5. The van der Waals surface area contributed by atoms with Crippen LogP contribution in [0.5, 0.6) is 5.75 Å². The molecular weight excluding hydrogens is 282 g/mol. The highest BCUT2D eigenvalue weighted by Gasteiger charge is 2.04. The molecule has 0 unspecified atom stereocenters. The topological polar surface area (TPSA) is 95.3 Å². The Bertz CT molecular complexity index is 675. The van der Waals surface area contributed by atoms with E-state index in [0.717, 1.165) is 16.9 Å². The van der Waals surface area contributed by atoms with Crippen molar-refractivity contribution in [2.45, 2.75) is 6.42 Å². The molecule has 0 fully saturated rings. The minimum atomic E-state index is -0.596. The molecule has 0 aliphatic heterocycles. The normalized spacial score (nSPS) is 9.86. The largest absolute Gasteiger partial charge is 0.494 e. The Morgan fingerprint density at radius 2 is 1.68 bits per heavy atom. The van der Waals surface area contributed by atoms with Gasteiger partial charge in [0.2, 0.25) is 5.91 Å². The van der Waals surface area contributed by atoms with E-state index < -0.39 is 5.91 Å². The maximum atomic E-state index is 11.4. The molecule has 0 heterocycles. The van der Waals surface area contributed by atoms with Gasteiger partial charge in [-0.05, 0) is 33.9 Å². The van der Waals surface area contributed by atoms with Crippen molar-refractivity contribution >= 4 is 5.91 Å². The number of aliphatic hydroxyl groups excluding tert-OH is 1. The van der Waals surface area contributed by atoms with Gasteiger partial charge in [0.15, 0.2) is 0 Å². The first-order valence-electron chi connectivity index (χ1n) is 6.78. The van der Waals surface area contributed by atoms with Crippen molar-refractivity contribution in [2.75, 3.05) is 13.2 Å². The number of rotatable bonds is 6. The molecular formula is C16H15N3O3. The zero-order valence-electron chi connectivity index (χ0n) is 11.8. The zero-order valence-corrected chi connectivity index (χ0v) is 11.8. The molecule has 0 aliphatic rings. The van der Waals surface area contributed by atoms with Crippen molar-refractivity contribution in [3.63, 3.8) is 0 Å². The van der Waals surface area contributed by atoms with Crippen LogP contribution in [0.2, 0.25) is 0 Å². The van der Waals surface area contributed by atoms with Gasteiger partial charge < -0.3 is 9.84 Å². The molecule has 1 N–H and O–H groups in total. The van der Waals surface area contributed by atoms with Crippen molar-refractivity contribution in [3.05, 3.63) is 64.5 Å². The fourth-order valence-electron chi connectivity index (χ4n) is 1.90. The van der Waals surface area contributed by atoms with Crippen LogP contribution in [0.3, 0.4) is 0 Å². The van der Waals surface area contributed by atoms with E-state index in [9.17, 15) is 4.79 Å². The highest BCUT2D eigenvalue weighted by Crippen LogP contribution is 2.23. The number of amides is 1. The monoisotopic (exact) mass is 297 g/mol. The molecule has 0 radical (unpaired) electrons. The number of carbonyl (C=O) groups is 1. The molecule has 0 atom stereocenters. The van der Waals surface area contributed by atoms with Gasteiger partial charge in [-0.15, -0.1) is 0 Å². The summed E-state index contributed by atoms with van der Waals surface area (Å²) < 4.78 is 5.46. The number of ether oxygens (including phenoxy) is 1. The molecule has 0 bridgehead atoms. The Hall–Kier alpha value is -2.82. The predicted octanol–water partition coefficient (Wildman–Crippen LogP) is 3.57. The van der Waals surface area contributed by atoms with Crippen LogP contribution in [0, 0.1) is 0 Å². The Morgan fingerprint density at radius 3 is 2.23 bits per heavy atom. The van der Waals surface area contributed by atoms with E-state index in [1.807, 2.05) is 24.3 Å². The van der Waals surface area contributed by atoms with Crippen LogP contribution < -0.4 is 4.74 Å². The van der Waals surface area contributed by atoms with Gasteiger partial charge in [0.05, 0.1) is 6.61 Å². The van der Waals surface area contributed by atoms with Crippen LogP contribution >= 0.6 is 0 Å². The lowest BCUT2D eigenvalue weighted by molar-refractivity contribution is 0.100. The molecule has 6 heteroatoms. The van der Waals surface area contributed by atoms with Crippen LogP contribution in [-0.2, 0) is 0 Å². The summed E-state index contributed by atoms with van der Waals surface area (Å²) in [6.07, 6.45) is 0.600. The Morgan fingerprint density at radius 1 is 1.09 bits per heavy atom. The third-order valence-electron chi connectivity index (χ3n) is 3.03. The van der Waals surface area contributed by atoms with E-state index in [1.165, 1.54) is 0 Å². The molecule has 6 nitrogen and oxygen atoms in total. The highest BCUT2D eigenvalue weighted by molar-refractivity contribution is 5.95. The van der Waals surface area contributed by atoms with Crippen LogP contribution in [0.15, 0.2) is 53.6 Å². The van der Waals surface area contributed by atoms with Crippen molar-refractivity contribution in [1.29, 1.82) is 0 Å². The number of aliphatic hydroxyl groups is 1. The molecule has 112 valence electrons. The van der Waals surface area contributed by atoms with E-state index in [2.05, 4.69) is 10.0 Å². The molecule has 1 amide bonds. The van der Waals surface area contributed by atoms with Gasteiger partial charge in [-0.25, -0.2) is 0 Å². The van der Waals surface area contributed by atoms with Crippen molar-refractivity contribution in [2.24, 2.45) is 5.11 Å². The highest BCUT2D eigenvalue weighted by atomic mass is 16.5. The summed E-state index contributed by atoms with van der Waals surface area (Å²) in [6, 6.07) is 14.4. The van der Waals surface area contributed by atoms with Crippen molar-refractivity contribution in [3.8, 4) is 16.9 Å². The summed E-state index contributed by atoms with van der Waals surface area (Å²) in [5.74, 6) is 0.147. The van der Waals surface area contributed by atoms with Crippen molar-refractivity contribution < 1.29 is 14.6 Å². The first kappa shape index (κ1) is 15.6. The third-order valence-corrected chi connectivity index (χ3v) is 3.03. The number of hydrogen-bond donors (Lipinski definition) is 1. The standard InChI is InChI=1S/C16H15N3O3/c17-19-18-16(21)14-4-2-12(3-5-14)13-6-8-15(9-7-13)22-11-1-10-20/h2-9,20H,1,10-11H2. The van der Waals surface area contributed by atoms with Gasteiger partial charge in [0, 0.05) is 23.5 Å². The number of carbonyl (C=O) groups excluding carboxylic acids is 1. The van der Waals surface area contributed by atoms with Gasteiger partial charge in [0.1, 0.15) is 5.75 Å². The predicted molar refractivity (Wildman–Crippen MR) is 82.6 cm³/mol. The number of azide groups is 1. The second-order valence-electron chi connectivity index (χ2n) is 4.52. The van der Waals surface area contributed by atoms with Gasteiger partial charge in [-0.3, -0.25) is 4.79 Å². The third kappa shape index (κ3) is 4.09. The van der Waals surface area contributed by atoms with Crippen LogP contribution in [0.1, 0.15) is 16.8 Å². The molecule has 0 aromatic heterocycles. The molecule has 2 aromatic carbocycles. The smallest absolute Gasteiger partial charge is 0.249 e. The second-order valence-corrected chi connectivity index (χ2v) is 4.52. The summed E-state index contributed by atoms with van der Waals surface area (Å²) >= 11 is 0. The Labute approximate surface area is 127 Å². The van der Waals surface area contributed by atoms with E-state index in [4.69, 9.17) is 15.4 Å². The number of nitrogens with zero attached hydrogens (tertiary/aromatic N) is 3. The molecule has 2 rings (SSSR count). The lowest BCUT2D eigenvalue weighted by atomic mass is 10.0. The average Bonchev–Trinajstić information content (AvgIpc) is 2.56.